The van der Waals surface area contributed by atoms with Crippen LogP contribution >= 0.6 is 0 Å². The van der Waals surface area contributed by atoms with Gasteiger partial charge in [-0.2, -0.15) is 5.10 Å². The van der Waals surface area contributed by atoms with Crippen LogP contribution in [-0.4, -0.2) is 56.6 Å². The lowest BCUT2D eigenvalue weighted by Crippen LogP contribution is -2.57. The van der Waals surface area contributed by atoms with Crippen molar-refractivity contribution in [3.8, 4) is 0 Å². The topological polar surface area (TPSA) is 120 Å². The number of hydrogen-bond donors (Lipinski definition) is 4. The molecule has 0 radical (unpaired) electrons. The van der Waals surface area contributed by atoms with E-state index >= 15 is 0 Å². The average molecular weight is 473 g/mol. The average Bonchev–Trinajstić information content (AvgIpc) is 3.47. The van der Waals surface area contributed by atoms with Crippen LogP contribution in [-0.2, 0) is 16.0 Å². The summed E-state index contributed by atoms with van der Waals surface area (Å²) in [6, 6.07) is 15.4. The Morgan fingerprint density at radius 2 is 1.80 bits per heavy atom. The van der Waals surface area contributed by atoms with E-state index < -0.39 is 11.6 Å². The molecule has 0 spiro atoms. The second-order valence-electron chi connectivity index (χ2n) is 10.1. The number of aromatic nitrogens is 3. The van der Waals surface area contributed by atoms with Gasteiger partial charge in [-0.1, -0.05) is 36.4 Å². The standard InChI is InChI=1S/C27H32N6O2/c1-27(2,28)26(35)30-23(15-18-16-29-21-9-5-3-7-19(18)21)25(34)33-13-11-17(12-14-33)24-20-8-4-6-10-22(20)31-32-24/h3-10,16-17,23,29H,11-15,28H2,1-2H3,(H,30,35)(H,31,32)/t23-/m1/s1. The van der Waals surface area contributed by atoms with Crippen molar-refractivity contribution in [1.29, 1.82) is 0 Å². The van der Waals surface area contributed by atoms with Crippen molar-refractivity contribution >= 4 is 33.6 Å². The second-order valence-corrected chi connectivity index (χ2v) is 10.1. The van der Waals surface area contributed by atoms with Crippen molar-refractivity contribution in [1.82, 2.24) is 25.4 Å². The number of fused-ring (bicyclic) bond motifs is 2. The van der Waals surface area contributed by atoms with Gasteiger partial charge in [-0.05, 0) is 44.4 Å². The number of piperidine rings is 1. The number of nitrogens with two attached hydrogens (primary N) is 1. The van der Waals surface area contributed by atoms with E-state index in [-0.39, 0.29) is 11.8 Å². The van der Waals surface area contributed by atoms with Crippen LogP contribution in [0, 0.1) is 0 Å². The molecule has 2 aromatic carbocycles. The molecular formula is C27H32N6O2. The number of para-hydroxylation sites is 2. The minimum atomic E-state index is -1.08. The Labute approximate surface area is 204 Å². The van der Waals surface area contributed by atoms with Gasteiger partial charge in [0.15, 0.2) is 0 Å². The molecule has 1 saturated heterocycles. The summed E-state index contributed by atoms with van der Waals surface area (Å²) in [5.41, 5.74) is 9.06. The van der Waals surface area contributed by atoms with Crippen molar-refractivity contribution in [3.63, 3.8) is 0 Å². The first kappa shape index (κ1) is 23.1. The van der Waals surface area contributed by atoms with Gasteiger partial charge in [-0.15, -0.1) is 0 Å². The summed E-state index contributed by atoms with van der Waals surface area (Å²) in [6.45, 7) is 4.55. The van der Waals surface area contributed by atoms with E-state index in [2.05, 4.69) is 26.6 Å². The van der Waals surface area contributed by atoms with Gasteiger partial charge in [0.1, 0.15) is 6.04 Å². The van der Waals surface area contributed by atoms with Gasteiger partial charge in [-0.25, -0.2) is 0 Å². The molecule has 3 heterocycles. The van der Waals surface area contributed by atoms with E-state index in [1.54, 1.807) is 13.8 Å². The number of rotatable bonds is 6. The van der Waals surface area contributed by atoms with Crippen LogP contribution in [0.4, 0.5) is 0 Å². The number of amides is 2. The van der Waals surface area contributed by atoms with Gasteiger partial charge in [0.25, 0.3) is 0 Å². The number of likely N-dealkylation sites (tertiary alicyclic amines) is 1. The van der Waals surface area contributed by atoms with E-state index in [0.717, 1.165) is 45.9 Å². The number of nitrogens with one attached hydrogen (secondary N) is 3. The zero-order valence-electron chi connectivity index (χ0n) is 20.2. The predicted octanol–water partition coefficient (Wildman–Crippen LogP) is 3.22. The molecule has 35 heavy (non-hydrogen) atoms. The number of benzene rings is 2. The molecule has 0 saturated carbocycles. The Bertz CT molecular complexity index is 1360. The maximum atomic E-state index is 13.7. The van der Waals surface area contributed by atoms with Crippen molar-refractivity contribution in [2.75, 3.05) is 13.1 Å². The Hall–Kier alpha value is -3.65. The Kier molecular flexibility index (Phi) is 6.06. The fourth-order valence-electron chi connectivity index (χ4n) is 4.96. The van der Waals surface area contributed by atoms with Gasteiger partial charge in [0.05, 0.1) is 11.1 Å². The molecule has 1 atom stereocenters. The smallest absolute Gasteiger partial charge is 0.245 e. The zero-order valence-corrected chi connectivity index (χ0v) is 20.2. The van der Waals surface area contributed by atoms with Crippen LogP contribution in [0.15, 0.2) is 54.7 Å². The third kappa shape index (κ3) is 4.66. The highest BCUT2D eigenvalue weighted by Gasteiger charge is 2.33. The fourth-order valence-corrected chi connectivity index (χ4v) is 4.96. The van der Waals surface area contributed by atoms with Crippen molar-refractivity contribution in [3.05, 3.63) is 66.0 Å². The number of H-pyrrole nitrogens is 2. The summed E-state index contributed by atoms with van der Waals surface area (Å²) in [4.78, 5) is 31.6. The molecule has 0 unspecified atom stereocenters. The zero-order chi connectivity index (χ0) is 24.6. The van der Waals surface area contributed by atoms with Crippen LogP contribution in [0.25, 0.3) is 21.8 Å². The van der Waals surface area contributed by atoms with Gasteiger partial charge >= 0.3 is 0 Å². The maximum Gasteiger partial charge on any atom is 0.245 e. The molecule has 5 rings (SSSR count). The molecule has 2 amide bonds. The summed E-state index contributed by atoms with van der Waals surface area (Å²) in [5, 5.41) is 12.8. The number of nitrogens with zero attached hydrogens (tertiary/aromatic N) is 2. The van der Waals surface area contributed by atoms with E-state index in [9.17, 15) is 9.59 Å². The summed E-state index contributed by atoms with van der Waals surface area (Å²) in [7, 11) is 0. The third-order valence-corrected chi connectivity index (χ3v) is 6.99. The molecule has 1 aliphatic heterocycles. The molecule has 5 N–H and O–H groups in total. The third-order valence-electron chi connectivity index (χ3n) is 6.99. The monoisotopic (exact) mass is 472 g/mol. The minimum absolute atomic E-state index is 0.0687. The van der Waals surface area contributed by atoms with Crippen molar-refractivity contribution < 1.29 is 9.59 Å². The summed E-state index contributed by atoms with van der Waals surface area (Å²) in [6.07, 6.45) is 4.00. The molecular weight excluding hydrogens is 440 g/mol. The summed E-state index contributed by atoms with van der Waals surface area (Å²) >= 11 is 0. The number of carbonyl (C=O) groups excluding carboxylic acids is 2. The van der Waals surface area contributed by atoms with Crippen LogP contribution in [0.1, 0.15) is 43.9 Å². The lowest BCUT2D eigenvalue weighted by molar-refractivity contribution is -0.138. The molecule has 1 fully saturated rings. The molecule has 1 aliphatic rings. The highest BCUT2D eigenvalue weighted by molar-refractivity contribution is 5.92. The first-order chi connectivity index (χ1) is 16.8. The van der Waals surface area contributed by atoms with Crippen LogP contribution in [0.3, 0.4) is 0 Å². The molecule has 4 aromatic rings. The summed E-state index contributed by atoms with van der Waals surface area (Å²) in [5.74, 6) is -0.0913. The first-order valence-electron chi connectivity index (χ1n) is 12.2. The van der Waals surface area contributed by atoms with E-state index in [4.69, 9.17) is 5.73 Å². The minimum Gasteiger partial charge on any atom is -0.361 e. The Morgan fingerprint density at radius 1 is 1.11 bits per heavy atom. The highest BCUT2D eigenvalue weighted by atomic mass is 16.2. The lowest BCUT2D eigenvalue weighted by atomic mass is 9.91. The largest absolute Gasteiger partial charge is 0.361 e. The first-order valence-corrected chi connectivity index (χ1v) is 12.2. The molecule has 8 nitrogen and oxygen atoms in total. The van der Waals surface area contributed by atoms with Crippen LogP contribution in [0.2, 0.25) is 0 Å². The Balaban J connectivity index is 1.33. The SMILES string of the molecule is CC(C)(N)C(=O)N[C@H](Cc1c[nH]c2ccccc12)C(=O)N1CCC(c2[nH]nc3ccccc23)CC1. The normalized spacial score (nSPS) is 16.0. The predicted molar refractivity (Wildman–Crippen MR) is 137 cm³/mol. The molecule has 0 aliphatic carbocycles. The Morgan fingerprint density at radius 3 is 2.54 bits per heavy atom. The molecule has 182 valence electrons. The van der Waals surface area contributed by atoms with Crippen LogP contribution in [0.5, 0.6) is 0 Å². The van der Waals surface area contributed by atoms with E-state index in [1.165, 1.54) is 0 Å². The molecule has 8 heteroatoms. The summed E-state index contributed by atoms with van der Waals surface area (Å²) < 4.78 is 0. The van der Waals surface area contributed by atoms with Crippen molar-refractivity contribution in [2.24, 2.45) is 5.73 Å². The van der Waals surface area contributed by atoms with Gasteiger partial charge in [0.2, 0.25) is 11.8 Å². The second kappa shape index (κ2) is 9.19. The number of aromatic amines is 2. The highest BCUT2D eigenvalue weighted by Crippen LogP contribution is 2.32. The quantitative estimate of drug-likeness (QED) is 0.344. The van der Waals surface area contributed by atoms with E-state index in [1.807, 2.05) is 53.6 Å². The maximum absolute atomic E-state index is 13.7. The molecule has 2 aromatic heterocycles. The number of carbonyl (C=O) groups is 2. The molecule has 0 bridgehead atoms. The fraction of sp³-hybridized carbons (Fsp3) is 0.370. The van der Waals surface area contributed by atoms with Gasteiger partial charge in [-0.3, -0.25) is 14.7 Å². The van der Waals surface area contributed by atoms with E-state index in [0.29, 0.717) is 25.4 Å². The van der Waals surface area contributed by atoms with Crippen LogP contribution < -0.4 is 11.1 Å². The van der Waals surface area contributed by atoms with Gasteiger partial charge in [0, 0.05) is 53.6 Å². The van der Waals surface area contributed by atoms with Crippen molar-refractivity contribution in [2.45, 2.75) is 50.6 Å². The number of hydrogen-bond acceptors (Lipinski definition) is 4. The lowest BCUT2D eigenvalue weighted by Gasteiger charge is -2.35. The van der Waals surface area contributed by atoms with Gasteiger partial charge < -0.3 is 20.9 Å².